The fourth-order valence-electron chi connectivity index (χ4n) is 4.90. The Morgan fingerprint density at radius 1 is 0.931 bits per heavy atom. The van der Waals surface area contributed by atoms with Crippen molar-refractivity contribution in [2.45, 2.75) is 31.3 Å². The molecule has 4 heterocycles. The first-order valence-electron chi connectivity index (χ1n) is 11.0. The van der Waals surface area contributed by atoms with Gasteiger partial charge in [0.1, 0.15) is 12.1 Å². The number of ether oxygens (including phenoxy) is 1. The molecule has 0 unspecified atom stereocenters. The van der Waals surface area contributed by atoms with E-state index in [-0.39, 0.29) is 0 Å². The maximum Gasteiger partial charge on any atom is 0.139 e. The van der Waals surface area contributed by atoms with E-state index in [9.17, 15) is 5.11 Å². The minimum atomic E-state index is -0.578. The smallest absolute Gasteiger partial charge is 0.139 e. The lowest BCUT2D eigenvalue weighted by molar-refractivity contribution is -0.0802. The normalized spacial score (nSPS) is 23.1. The van der Waals surface area contributed by atoms with Gasteiger partial charge in [-0.2, -0.15) is 0 Å². The van der Waals surface area contributed by atoms with Gasteiger partial charge in [0, 0.05) is 82.9 Å². The largest absolute Gasteiger partial charge is 0.388 e. The number of fused-ring (bicyclic) bond motifs is 1. The van der Waals surface area contributed by atoms with Crippen molar-refractivity contribution in [2.24, 2.45) is 0 Å². The van der Waals surface area contributed by atoms with Gasteiger partial charge < -0.3 is 19.6 Å². The van der Waals surface area contributed by atoms with Crippen LogP contribution in [0.3, 0.4) is 0 Å². The Kier molecular flexibility index (Phi) is 5.28. The molecule has 7 heteroatoms. The summed E-state index contributed by atoms with van der Waals surface area (Å²) in [4.78, 5) is 16.3. The van der Waals surface area contributed by atoms with E-state index in [1.54, 1.807) is 6.33 Å². The van der Waals surface area contributed by atoms with Crippen LogP contribution in [0.1, 0.15) is 25.7 Å². The number of hydrogen-bond acceptors (Lipinski definition) is 7. The molecule has 3 aliphatic rings. The van der Waals surface area contributed by atoms with Crippen LogP contribution in [0.25, 0.3) is 10.9 Å². The number of anilines is 2. The number of nitrogens with zero attached hydrogens (tertiary/aromatic N) is 5. The molecule has 2 aromatic rings. The van der Waals surface area contributed by atoms with Crippen LogP contribution < -0.4 is 9.80 Å². The molecule has 0 amide bonds. The third-order valence-corrected chi connectivity index (χ3v) is 6.68. The zero-order valence-electron chi connectivity index (χ0n) is 17.1. The standard InChI is InChI=1S/C22H31N5O2/c28-22(5-13-29-14-6-22)16-25-9-11-26(12-10-25)18-3-4-20-19(15-18)21(24-17-23-20)27-7-1-2-8-27/h3-4,15,17,28H,1-2,5-14,16H2. The zero-order valence-corrected chi connectivity index (χ0v) is 17.1. The minimum absolute atomic E-state index is 0.578. The van der Waals surface area contributed by atoms with Gasteiger partial charge in [0.25, 0.3) is 0 Å². The lowest BCUT2D eigenvalue weighted by Crippen LogP contribution is -2.53. The van der Waals surface area contributed by atoms with E-state index in [4.69, 9.17) is 4.74 Å². The lowest BCUT2D eigenvalue weighted by Gasteiger charge is -2.41. The quantitative estimate of drug-likeness (QED) is 0.845. The molecule has 7 nitrogen and oxygen atoms in total. The summed E-state index contributed by atoms with van der Waals surface area (Å²) in [5, 5.41) is 12.0. The average Bonchev–Trinajstić information content (AvgIpc) is 3.28. The Morgan fingerprint density at radius 2 is 1.69 bits per heavy atom. The Labute approximate surface area is 172 Å². The summed E-state index contributed by atoms with van der Waals surface area (Å²) in [6.07, 6.45) is 5.67. The molecule has 0 radical (unpaired) electrons. The highest BCUT2D eigenvalue weighted by molar-refractivity contribution is 5.92. The highest BCUT2D eigenvalue weighted by Crippen LogP contribution is 2.30. The van der Waals surface area contributed by atoms with Gasteiger partial charge in [-0.15, -0.1) is 0 Å². The first-order chi connectivity index (χ1) is 14.2. The van der Waals surface area contributed by atoms with Crippen LogP contribution in [-0.4, -0.2) is 84.6 Å². The molecule has 29 heavy (non-hydrogen) atoms. The Hall–Kier alpha value is -1.96. The van der Waals surface area contributed by atoms with E-state index in [0.717, 1.165) is 75.4 Å². The van der Waals surface area contributed by atoms with Crippen molar-refractivity contribution in [1.29, 1.82) is 0 Å². The van der Waals surface area contributed by atoms with Crippen molar-refractivity contribution >= 4 is 22.4 Å². The molecule has 0 saturated carbocycles. The van der Waals surface area contributed by atoms with E-state index in [0.29, 0.717) is 13.2 Å². The Balaban J connectivity index is 1.28. The van der Waals surface area contributed by atoms with Crippen LogP contribution in [0, 0.1) is 0 Å². The van der Waals surface area contributed by atoms with Crippen LogP contribution in [-0.2, 0) is 4.74 Å². The van der Waals surface area contributed by atoms with Crippen molar-refractivity contribution in [2.75, 3.05) is 68.8 Å². The SMILES string of the molecule is OC1(CN2CCN(c3ccc4ncnc(N5CCCC5)c4c3)CC2)CCOCC1. The molecule has 1 aromatic heterocycles. The molecular formula is C22H31N5O2. The van der Waals surface area contributed by atoms with Gasteiger partial charge in [0.15, 0.2) is 0 Å². The van der Waals surface area contributed by atoms with Gasteiger partial charge in [-0.3, -0.25) is 4.90 Å². The number of piperazine rings is 1. The molecule has 0 spiro atoms. The van der Waals surface area contributed by atoms with Crippen molar-refractivity contribution in [1.82, 2.24) is 14.9 Å². The highest BCUT2D eigenvalue weighted by atomic mass is 16.5. The summed E-state index contributed by atoms with van der Waals surface area (Å²) in [6.45, 7) is 8.19. The lowest BCUT2D eigenvalue weighted by atomic mass is 9.93. The van der Waals surface area contributed by atoms with Crippen molar-refractivity contribution in [3.05, 3.63) is 24.5 Å². The summed E-state index contributed by atoms with van der Waals surface area (Å²) in [5.41, 5.74) is 1.69. The van der Waals surface area contributed by atoms with Gasteiger partial charge >= 0.3 is 0 Å². The van der Waals surface area contributed by atoms with Crippen molar-refractivity contribution in [3.8, 4) is 0 Å². The van der Waals surface area contributed by atoms with E-state index in [1.165, 1.54) is 18.5 Å². The molecule has 0 aliphatic carbocycles. The number of aromatic nitrogens is 2. The van der Waals surface area contributed by atoms with E-state index < -0.39 is 5.60 Å². The maximum absolute atomic E-state index is 10.8. The van der Waals surface area contributed by atoms with Gasteiger partial charge in [-0.1, -0.05) is 0 Å². The van der Waals surface area contributed by atoms with Gasteiger partial charge in [-0.05, 0) is 31.0 Å². The van der Waals surface area contributed by atoms with Gasteiger partial charge in [-0.25, -0.2) is 9.97 Å². The first kappa shape index (κ1) is 19.0. The third kappa shape index (κ3) is 4.04. The fourth-order valence-corrected chi connectivity index (χ4v) is 4.90. The number of hydrogen-bond donors (Lipinski definition) is 1. The van der Waals surface area contributed by atoms with E-state index >= 15 is 0 Å². The number of aliphatic hydroxyl groups is 1. The van der Waals surface area contributed by atoms with Gasteiger partial charge in [0.2, 0.25) is 0 Å². The predicted octanol–water partition coefficient (Wildman–Crippen LogP) is 1.89. The van der Waals surface area contributed by atoms with Crippen molar-refractivity contribution in [3.63, 3.8) is 0 Å². The average molecular weight is 398 g/mol. The summed E-state index contributed by atoms with van der Waals surface area (Å²) in [7, 11) is 0. The molecule has 1 aromatic carbocycles. The third-order valence-electron chi connectivity index (χ3n) is 6.68. The van der Waals surface area contributed by atoms with Crippen LogP contribution in [0.2, 0.25) is 0 Å². The molecule has 1 N–H and O–H groups in total. The molecule has 3 aliphatic heterocycles. The number of benzene rings is 1. The second kappa shape index (κ2) is 8.05. The molecule has 0 bridgehead atoms. The number of rotatable bonds is 4. The van der Waals surface area contributed by atoms with E-state index in [2.05, 4.69) is 42.9 Å². The topological polar surface area (TPSA) is 65.0 Å². The summed E-state index contributed by atoms with van der Waals surface area (Å²) < 4.78 is 5.41. The maximum atomic E-state index is 10.8. The molecular weight excluding hydrogens is 366 g/mol. The van der Waals surface area contributed by atoms with Crippen LogP contribution in [0.4, 0.5) is 11.5 Å². The first-order valence-corrected chi connectivity index (χ1v) is 11.0. The highest BCUT2D eigenvalue weighted by Gasteiger charge is 2.33. The van der Waals surface area contributed by atoms with Crippen molar-refractivity contribution < 1.29 is 9.84 Å². The van der Waals surface area contributed by atoms with Gasteiger partial charge in [0.05, 0.1) is 11.1 Å². The monoisotopic (exact) mass is 397 g/mol. The second-order valence-electron chi connectivity index (χ2n) is 8.69. The van der Waals surface area contributed by atoms with E-state index in [1.807, 2.05) is 0 Å². The second-order valence-corrected chi connectivity index (χ2v) is 8.69. The molecule has 156 valence electrons. The number of β-amino-alcohol motifs (C(OH)–C–C–N with tert-alkyl or cyclic N) is 1. The molecule has 3 saturated heterocycles. The summed E-state index contributed by atoms with van der Waals surface area (Å²) >= 11 is 0. The Bertz CT molecular complexity index is 840. The zero-order chi connectivity index (χ0) is 19.7. The molecule has 0 atom stereocenters. The van der Waals surface area contributed by atoms with Crippen LogP contribution in [0.5, 0.6) is 0 Å². The van der Waals surface area contributed by atoms with Crippen LogP contribution in [0.15, 0.2) is 24.5 Å². The molecule has 5 rings (SSSR count). The minimum Gasteiger partial charge on any atom is -0.388 e. The summed E-state index contributed by atoms with van der Waals surface area (Å²) in [6, 6.07) is 6.58. The fraction of sp³-hybridized carbons (Fsp3) is 0.636. The van der Waals surface area contributed by atoms with Crippen LogP contribution >= 0.6 is 0 Å². The summed E-state index contributed by atoms with van der Waals surface area (Å²) in [5.74, 6) is 1.08. The predicted molar refractivity (Wildman–Crippen MR) is 115 cm³/mol. The molecule has 3 fully saturated rings. The Morgan fingerprint density at radius 3 is 2.45 bits per heavy atom.